The van der Waals surface area contributed by atoms with Crippen molar-refractivity contribution >= 4 is 11.8 Å². The molecule has 5 aromatic rings. The topological polar surface area (TPSA) is 55.4 Å². The van der Waals surface area contributed by atoms with Gasteiger partial charge in [0.25, 0.3) is 0 Å². The quantitative estimate of drug-likeness (QED) is 0.0945. The summed E-state index contributed by atoms with van der Waals surface area (Å²) < 4.78 is 40.9. The molecule has 1 fully saturated rings. The molecule has 6 nitrogen and oxygen atoms in total. The van der Waals surface area contributed by atoms with E-state index in [9.17, 15) is 0 Å². The SMILES string of the molecule is CCO[C@H]1c2ccccc2CC[C@H]1S[C@@H]1O[C@H](COCc2ccccc2)[C@@H](OCc2ccccc2)[C@H](OCc2ccccc2)[C@H]1OCc1ccccc1. The van der Waals surface area contributed by atoms with E-state index in [1.165, 1.54) is 11.1 Å². The third-order valence-electron chi connectivity index (χ3n) is 9.89. The Hall–Kier alpha value is -3.79. The van der Waals surface area contributed by atoms with Crippen molar-refractivity contribution in [1.82, 2.24) is 0 Å². The highest BCUT2D eigenvalue weighted by atomic mass is 32.2. The van der Waals surface area contributed by atoms with Gasteiger partial charge < -0.3 is 28.4 Å². The standard InChI is InChI=1S/C46H50O6S/c1-2-48-42-39-26-16-15-25-38(39)27-28-41(42)53-46-45(51-32-37-23-13-6-14-24-37)44(50-31-36-21-11-5-12-22-36)43(49-30-35-19-9-4-10-20-35)40(52-46)33-47-29-34-17-7-3-8-18-34/h3-26,40-46H,2,27-33H2,1H3/t40-,41-,42+,43-,44+,45-,46+/m1/s1. The van der Waals surface area contributed by atoms with E-state index in [0.717, 1.165) is 35.1 Å². The Labute approximate surface area is 318 Å². The van der Waals surface area contributed by atoms with Gasteiger partial charge in [0, 0.05) is 11.9 Å². The fourth-order valence-electron chi connectivity index (χ4n) is 7.23. The first-order chi connectivity index (χ1) is 26.2. The van der Waals surface area contributed by atoms with Crippen molar-refractivity contribution in [1.29, 1.82) is 0 Å². The number of thioether (sulfide) groups is 1. The van der Waals surface area contributed by atoms with Gasteiger partial charge in [0.1, 0.15) is 29.9 Å². The summed E-state index contributed by atoms with van der Waals surface area (Å²) in [5.41, 5.74) is 6.61. The van der Waals surface area contributed by atoms with Crippen LogP contribution >= 0.6 is 11.8 Å². The summed E-state index contributed by atoms with van der Waals surface area (Å²) in [6.45, 7) is 4.75. The molecule has 0 bridgehead atoms. The Morgan fingerprint density at radius 3 is 1.60 bits per heavy atom. The van der Waals surface area contributed by atoms with E-state index in [1.54, 1.807) is 0 Å². The minimum atomic E-state index is -0.470. The van der Waals surface area contributed by atoms with Gasteiger partial charge in [-0.3, -0.25) is 0 Å². The number of benzene rings is 5. The minimum absolute atomic E-state index is 0.0585. The molecule has 7 rings (SSSR count). The first-order valence-corrected chi connectivity index (χ1v) is 19.8. The van der Waals surface area contributed by atoms with Crippen LogP contribution in [-0.2, 0) is 61.3 Å². The lowest BCUT2D eigenvalue weighted by molar-refractivity contribution is -0.254. The van der Waals surface area contributed by atoms with Crippen molar-refractivity contribution in [2.24, 2.45) is 0 Å². The van der Waals surface area contributed by atoms with Crippen LogP contribution in [0.15, 0.2) is 146 Å². The molecule has 5 aromatic carbocycles. The number of hydrogen-bond acceptors (Lipinski definition) is 7. The molecule has 0 radical (unpaired) electrons. The third kappa shape index (κ3) is 10.3. The lowest BCUT2D eigenvalue weighted by atomic mass is 9.89. The molecule has 0 saturated carbocycles. The molecular weight excluding hydrogens is 681 g/mol. The van der Waals surface area contributed by atoms with E-state index >= 15 is 0 Å². The van der Waals surface area contributed by atoms with Crippen molar-refractivity contribution < 1.29 is 28.4 Å². The van der Waals surface area contributed by atoms with Gasteiger partial charge in [-0.05, 0) is 53.1 Å². The van der Waals surface area contributed by atoms with E-state index in [4.69, 9.17) is 28.4 Å². The number of aryl methyl sites for hydroxylation is 1. The molecule has 0 N–H and O–H groups in total. The first-order valence-electron chi connectivity index (χ1n) is 18.8. The van der Waals surface area contributed by atoms with Gasteiger partial charge in [-0.15, -0.1) is 11.8 Å². The van der Waals surface area contributed by atoms with Gasteiger partial charge in [0.05, 0.1) is 39.1 Å². The summed E-state index contributed by atoms with van der Waals surface area (Å²) >= 11 is 1.81. The molecule has 0 aromatic heterocycles. The maximum Gasteiger partial charge on any atom is 0.133 e. The Kier molecular flexibility index (Phi) is 13.8. The van der Waals surface area contributed by atoms with Crippen molar-refractivity contribution in [3.05, 3.63) is 179 Å². The monoisotopic (exact) mass is 730 g/mol. The van der Waals surface area contributed by atoms with Gasteiger partial charge in [-0.25, -0.2) is 0 Å². The summed E-state index contributed by atoms with van der Waals surface area (Å²) in [6.07, 6.45) is 0.101. The normalized spacial score (nSPS) is 24.1. The molecule has 53 heavy (non-hydrogen) atoms. The molecule has 0 spiro atoms. The van der Waals surface area contributed by atoms with Gasteiger partial charge in [-0.2, -0.15) is 0 Å². The molecular formula is C46H50O6S. The van der Waals surface area contributed by atoms with E-state index < -0.39 is 24.4 Å². The molecule has 7 heteroatoms. The van der Waals surface area contributed by atoms with Crippen LogP contribution in [0.5, 0.6) is 0 Å². The highest BCUT2D eigenvalue weighted by Crippen LogP contribution is 2.45. The number of ether oxygens (including phenoxy) is 6. The fraction of sp³-hybridized carbons (Fsp3) is 0.348. The maximum absolute atomic E-state index is 7.18. The summed E-state index contributed by atoms with van der Waals surface area (Å²) in [6, 6.07) is 49.8. The Bertz CT molecular complexity index is 1780. The average Bonchev–Trinajstić information content (AvgIpc) is 3.21. The Balaban J connectivity index is 1.22. The lowest BCUT2D eigenvalue weighted by Gasteiger charge is -2.47. The number of fused-ring (bicyclic) bond motifs is 1. The molecule has 1 heterocycles. The Morgan fingerprint density at radius 1 is 0.547 bits per heavy atom. The summed E-state index contributed by atoms with van der Waals surface area (Å²) in [5, 5.41) is 0.153. The molecule has 1 aliphatic carbocycles. The zero-order chi connectivity index (χ0) is 36.1. The van der Waals surface area contributed by atoms with E-state index in [0.29, 0.717) is 39.6 Å². The average molecular weight is 731 g/mol. The van der Waals surface area contributed by atoms with E-state index in [1.807, 2.05) is 84.6 Å². The van der Waals surface area contributed by atoms with Crippen LogP contribution < -0.4 is 0 Å². The van der Waals surface area contributed by atoms with Crippen LogP contribution in [0, 0.1) is 0 Å². The van der Waals surface area contributed by atoms with Crippen LogP contribution in [0.2, 0.25) is 0 Å². The summed E-state index contributed by atoms with van der Waals surface area (Å²) in [5.74, 6) is 0. The second kappa shape index (κ2) is 19.5. The number of hydrogen-bond donors (Lipinski definition) is 0. The smallest absolute Gasteiger partial charge is 0.133 e. The van der Waals surface area contributed by atoms with Crippen LogP contribution in [0.1, 0.15) is 52.8 Å². The van der Waals surface area contributed by atoms with Crippen molar-refractivity contribution in [3.63, 3.8) is 0 Å². The highest BCUT2D eigenvalue weighted by molar-refractivity contribution is 8.00. The minimum Gasteiger partial charge on any atom is -0.374 e. The third-order valence-corrected chi connectivity index (χ3v) is 11.4. The van der Waals surface area contributed by atoms with Crippen LogP contribution in [0.25, 0.3) is 0 Å². The molecule has 1 aliphatic heterocycles. The molecule has 0 amide bonds. The van der Waals surface area contributed by atoms with Crippen molar-refractivity contribution in [2.75, 3.05) is 13.2 Å². The van der Waals surface area contributed by atoms with Gasteiger partial charge >= 0.3 is 0 Å². The maximum atomic E-state index is 7.18. The second-order valence-electron chi connectivity index (χ2n) is 13.6. The van der Waals surface area contributed by atoms with Crippen LogP contribution in [0.4, 0.5) is 0 Å². The number of rotatable bonds is 17. The highest BCUT2D eigenvalue weighted by Gasteiger charge is 2.50. The predicted octanol–water partition coefficient (Wildman–Crippen LogP) is 9.51. The zero-order valence-corrected chi connectivity index (χ0v) is 31.2. The molecule has 0 unspecified atom stereocenters. The largest absolute Gasteiger partial charge is 0.374 e. The zero-order valence-electron chi connectivity index (χ0n) is 30.4. The van der Waals surface area contributed by atoms with Crippen LogP contribution in [0.3, 0.4) is 0 Å². The van der Waals surface area contributed by atoms with Gasteiger partial charge in [0.2, 0.25) is 0 Å². The first kappa shape index (κ1) is 37.5. The Morgan fingerprint density at radius 2 is 1.04 bits per heavy atom. The van der Waals surface area contributed by atoms with E-state index in [-0.39, 0.29) is 16.8 Å². The molecule has 1 saturated heterocycles. The molecule has 7 atom stereocenters. The fourth-order valence-corrected chi connectivity index (χ4v) is 8.80. The van der Waals surface area contributed by atoms with E-state index in [2.05, 4.69) is 79.7 Å². The predicted molar refractivity (Wildman–Crippen MR) is 210 cm³/mol. The van der Waals surface area contributed by atoms with Crippen molar-refractivity contribution in [2.45, 2.75) is 87.4 Å². The molecule has 2 aliphatic rings. The lowest BCUT2D eigenvalue weighted by Crippen LogP contribution is -2.60. The summed E-state index contributed by atoms with van der Waals surface area (Å²) in [7, 11) is 0. The van der Waals surface area contributed by atoms with Crippen molar-refractivity contribution in [3.8, 4) is 0 Å². The van der Waals surface area contributed by atoms with Crippen LogP contribution in [-0.4, -0.2) is 48.3 Å². The molecule has 276 valence electrons. The summed E-state index contributed by atoms with van der Waals surface area (Å²) in [4.78, 5) is 0. The van der Waals surface area contributed by atoms with Gasteiger partial charge in [-0.1, -0.05) is 146 Å². The second-order valence-corrected chi connectivity index (χ2v) is 15.0. The van der Waals surface area contributed by atoms with Gasteiger partial charge in [0.15, 0.2) is 0 Å².